The summed E-state index contributed by atoms with van der Waals surface area (Å²) in [5.41, 5.74) is 5.10. The van der Waals surface area contributed by atoms with Gasteiger partial charge in [-0.2, -0.15) is 0 Å². The summed E-state index contributed by atoms with van der Waals surface area (Å²) in [7, 11) is 12.9. The first kappa shape index (κ1) is 78.9. The van der Waals surface area contributed by atoms with Crippen LogP contribution in [0.15, 0.2) is 137 Å². The Morgan fingerprint density at radius 3 is 1.13 bits per heavy atom. The van der Waals surface area contributed by atoms with Crippen LogP contribution >= 0.6 is 39.1 Å². The monoisotopic (exact) mass is 1340 g/mol. The van der Waals surface area contributed by atoms with Crippen LogP contribution in [0.25, 0.3) is 22.3 Å². The molecule has 0 atom stereocenters. The minimum atomic E-state index is -1.35. The van der Waals surface area contributed by atoms with Gasteiger partial charge in [-0.25, -0.2) is 24.0 Å². The molecule has 0 radical (unpaired) electrons. The molecule has 0 aliphatic heterocycles. The Hall–Kier alpha value is -8.11. The third kappa shape index (κ3) is 21.9. The highest BCUT2D eigenvalue weighted by molar-refractivity contribution is 9.10. The van der Waals surface area contributed by atoms with Gasteiger partial charge in [-0.15, -0.1) is 11.6 Å². The van der Waals surface area contributed by atoms with Crippen LogP contribution in [-0.2, 0) is 70.5 Å². The first-order valence-corrected chi connectivity index (χ1v) is 28.8. The molecule has 0 saturated heterocycles. The fraction of sp³-hybridized carbons (Fsp3) is 0.356. The van der Waals surface area contributed by atoms with E-state index in [-0.39, 0.29) is 50.1 Å². The van der Waals surface area contributed by atoms with Crippen LogP contribution in [0.4, 0.5) is 0 Å². The van der Waals surface area contributed by atoms with Gasteiger partial charge < -0.3 is 38.5 Å². The maximum atomic E-state index is 12.3. The molecular formula is C59H79B2BrCl2N10O15. The Morgan fingerprint density at radius 2 is 0.764 bits per heavy atom. The molecule has 0 spiro atoms. The number of hydrogen-bond acceptors (Lipinski definition) is 15. The van der Waals surface area contributed by atoms with Crippen molar-refractivity contribution in [1.29, 1.82) is 0 Å². The molecule has 89 heavy (non-hydrogen) atoms. The highest BCUT2D eigenvalue weighted by Crippen LogP contribution is 2.22. The summed E-state index contributed by atoms with van der Waals surface area (Å²) in [5.74, 6) is 1.48. The minimum Gasteiger partial charge on any atom is -0.494 e. The Labute approximate surface area is 532 Å². The molecule has 482 valence electrons. The van der Waals surface area contributed by atoms with Gasteiger partial charge in [0, 0.05) is 111 Å². The predicted octanol–water partition coefficient (Wildman–Crippen LogP) is 2.12. The largest absolute Gasteiger partial charge is 0.494 e. The Kier molecular flexibility index (Phi) is 32.3. The molecule has 3 aromatic carbocycles. The van der Waals surface area contributed by atoms with E-state index in [0.29, 0.717) is 50.4 Å². The molecule has 0 aliphatic rings. The van der Waals surface area contributed by atoms with Gasteiger partial charge in [0.05, 0.1) is 17.7 Å². The van der Waals surface area contributed by atoms with Crippen molar-refractivity contribution in [2.75, 3.05) is 12.5 Å². The van der Waals surface area contributed by atoms with Crippen molar-refractivity contribution in [3.63, 3.8) is 0 Å². The number of aryl methyl sites for hydroxylation is 3. The van der Waals surface area contributed by atoms with Crippen LogP contribution in [-0.4, -0.2) is 92.5 Å². The summed E-state index contributed by atoms with van der Waals surface area (Å²) in [5, 5.41) is 32.7. The molecule has 8 aromatic rings. The highest BCUT2D eigenvalue weighted by atomic mass is 79.9. The number of hydrogen-bond donors (Lipinski definition) is 4. The molecule has 0 saturated carbocycles. The van der Waals surface area contributed by atoms with Gasteiger partial charge >= 0.3 is 42.7 Å². The average molecular weight is 1340 g/mol. The number of alkyl halides is 1. The maximum Gasteiger partial charge on any atom is 0.488 e. The normalized spacial score (nSPS) is 10.0. The molecule has 8 rings (SSSR count). The number of benzene rings is 3. The van der Waals surface area contributed by atoms with Crippen molar-refractivity contribution in [3.05, 3.63) is 233 Å². The van der Waals surface area contributed by atoms with E-state index < -0.39 is 25.5 Å². The molecule has 30 heteroatoms. The van der Waals surface area contributed by atoms with Crippen molar-refractivity contribution in [1.82, 2.24) is 45.7 Å². The van der Waals surface area contributed by atoms with Crippen molar-refractivity contribution in [3.8, 4) is 28.0 Å². The third-order valence-corrected chi connectivity index (χ3v) is 14.5. The maximum absolute atomic E-state index is 12.3. The lowest BCUT2D eigenvalue weighted by molar-refractivity contribution is 0.340. The van der Waals surface area contributed by atoms with Gasteiger partial charge in [-0.3, -0.25) is 55.9 Å². The van der Waals surface area contributed by atoms with Crippen LogP contribution in [0.2, 0.25) is 12.0 Å². The average Bonchev–Trinajstić information content (AvgIpc) is 0.917. The van der Waals surface area contributed by atoms with Crippen LogP contribution < -0.4 is 66.4 Å². The topological polar surface area (TPSA) is 310 Å². The summed E-state index contributed by atoms with van der Waals surface area (Å²) in [6, 6.07) is 24.7. The van der Waals surface area contributed by atoms with E-state index in [1.54, 1.807) is 68.0 Å². The van der Waals surface area contributed by atoms with Crippen LogP contribution in [0, 0.1) is 41.5 Å². The van der Waals surface area contributed by atoms with Crippen molar-refractivity contribution in [2.45, 2.75) is 62.2 Å². The van der Waals surface area contributed by atoms with E-state index >= 15 is 0 Å². The van der Waals surface area contributed by atoms with Gasteiger partial charge in [0.1, 0.15) is 15.4 Å². The number of rotatable bonds is 5. The van der Waals surface area contributed by atoms with Crippen LogP contribution in [0.3, 0.4) is 0 Å². The number of ether oxygens (including phenoxy) is 1. The second kappa shape index (κ2) is 36.4. The quantitative estimate of drug-likeness (QED) is 0.109. The van der Waals surface area contributed by atoms with E-state index in [0.717, 1.165) is 56.7 Å². The van der Waals surface area contributed by atoms with E-state index in [9.17, 15) is 47.9 Å². The molecule has 25 nitrogen and oxygen atoms in total. The number of aromatic nitrogens is 10. The van der Waals surface area contributed by atoms with Crippen molar-refractivity contribution >= 4 is 58.8 Å². The predicted molar refractivity (Wildman–Crippen MR) is 357 cm³/mol. The van der Waals surface area contributed by atoms with E-state index in [4.69, 9.17) is 48.0 Å². The van der Waals surface area contributed by atoms with E-state index in [1.165, 1.54) is 84.1 Å². The van der Waals surface area contributed by atoms with E-state index in [1.807, 2.05) is 88.4 Å². The van der Waals surface area contributed by atoms with Gasteiger partial charge in [0.2, 0.25) is 0 Å². The standard InChI is InChI=1S/C15H18N2O3.C14H16N2O2.C7H9BO2.C7H9BrN2O2.C7H10N2O2.C6H7ClN2O2.C2H5Cl.CH5BO2/c1-5-20-12-8-6-11(7-9-12)13-10(2)16(3)15(19)17(4)14(13)18;1-9-5-7-11(8-6-9)12-10(2)15(3)14(18)16(4)13(12)17;1-6-2-4-7(5-3-6)8(9)10;1-4-5(8)6(11)10(3)7(12)9(4)2;1-5-4-6(10)9(3)7(11)8(5)2;1-8-4(7)3-5(10)9(2)6(8)11;1-2-3;1-2(3)4/h6-9H,5H2,1-4H3;5-8H,1-4H3;2-5,9-10H,1H3;1-3H3;4H,1-3H3;3H,1-2H3;2H2,1H3;3-4H,1H3. The zero-order valence-corrected chi connectivity index (χ0v) is 56.6. The molecule has 0 fully saturated rings. The minimum absolute atomic E-state index is 0.151. The second-order valence-corrected chi connectivity index (χ2v) is 21.4. The smallest absolute Gasteiger partial charge is 0.488 e. The fourth-order valence-corrected chi connectivity index (χ4v) is 8.05. The van der Waals surface area contributed by atoms with Gasteiger partial charge in [0.15, 0.2) is 0 Å². The third-order valence-electron chi connectivity index (χ3n) is 13.2. The van der Waals surface area contributed by atoms with E-state index in [2.05, 4.69) is 15.9 Å². The summed E-state index contributed by atoms with van der Waals surface area (Å²) in [4.78, 5) is 115. The first-order chi connectivity index (χ1) is 41.3. The zero-order valence-electron chi connectivity index (χ0n) is 53.5. The van der Waals surface area contributed by atoms with Gasteiger partial charge in [0.25, 0.3) is 27.8 Å². The summed E-state index contributed by atoms with van der Waals surface area (Å²) < 4.78 is 18.2. The van der Waals surface area contributed by atoms with Crippen molar-refractivity contribution in [2.24, 2.45) is 70.5 Å². The molecule has 0 amide bonds. The number of halogens is 3. The van der Waals surface area contributed by atoms with Crippen LogP contribution in [0.5, 0.6) is 5.75 Å². The highest BCUT2D eigenvalue weighted by Gasteiger charge is 2.16. The van der Waals surface area contributed by atoms with Crippen LogP contribution in [0.1, 0.15) is 47.8 Å². The molecule has 5 heterocycles. The fourth-order valence-electron chi connectivity index (χ4n) is 7.35. The Bertz CT molecular complexity index is 4220. The van der Waals surface area contributed by atoms with Gasteiger partial charge in [-0.1, -0.05) is 90.3 Å². The zero-order chi connectivity index (χ0) is 68.8. The van der Waals surface area contributed by atoms with Crippen molar-refractivity contribution < 1.29 is 24.8 Å². The molecule has 0 aliphatic carbocycles. The molecule has 0 bridgehead atoms. The molecular weight excluding hydrogens is 1260 g/mol. The molecule has 5 aromatic heterocycles. The lowest BCUT2D eigenvalue weighted by atomic mass is 9.80. The first-order valence-electron chi connectivity index (χ1n) is 27.1. The SMILES string of the molecule is CB(O)O.CCCl.CCOc1ccc(-c2c(C)n(C)c(=O)n(C)c2=O)cc1.Cc1c(Br)c(=O)n(C)c(=O)n1C.Cc1cc(=O)n(C)c(=O)n1C.Cc1ccc(-c2c(C)n(C)c(=O)n(C)c2=O)cc1.Cc1ccc(B(O)O)cc1.Cn1c(Cl)cc(=O)n(C)c1=O. The lowest BCUT2D eigenvalue weighted by Gasteiger charge is -2.12. The molecule has 0 unspecified atom stereocenters. The summed E-state index contributed by atoms with van der Waals surface area (Å²) >= 11 is 13.7. The molecule has 4 N–H and O–H groups in total. The summed E-state index contributed by atoms with van der Waals surface area (Å²) in [6.07, 6.45) is 0. The lowest BCUT2D eigenvalue weighted by Crippen LogP contribution is -2.39. The number of nitrogens with zero attached hydrogens (tertiary/aromatic N) is 10. The summed E-state index contributed by atoms with van der Waals surface area (Å²) in [6.45, 7) is 16.6. The second-order valence-electron chi connectivity index (χ2n) is 19.7. The van der Waals surface area contributed by atoms with Gasteiger partial charge in [-0.05, 0) is 99.9 Å². The Morgan fingerprint density at radius 1 is 0.449 bits per heavy atom. The Balaban J connectivity index is 0.000000532.